The molecule has 26 heavy (non-hydrogen) atoms. The summed E-state index contributed by atoms with van der Waals surface area (Å²) in [6, 6.07) is 6.58. The Kier molecular flexibility index (Phi) is 6.52. The molecule has 1 saturated heterocycles. The van der Waals surface area contributed by atoms with Gasteiger partial charge in [-0.2, -0.15) is 0 Å². The quantitative estimate of drug-likeness (QED) is 0.812. The van der Waals surface area contributed by atoms with Crippen molar-refractivity contribution in [2.75, 3.05) is 31.3 Å². The number of methoxy groups -OCH3 is 1. The molecule has 8 heteroatoms. The molecule has 0 saturated carbocycles. The summed E-state index contributed by atoms with van der Waals surface area (Å²) >= 11 is 1.50. The van der Waals surface area contributed by atoms with Crippen LogP contribution in [0, 0.1) is 0 Å². The van der Waals surface area contributed by atoms with E-state index in [1.807, 2.05) is 0 Å². The van der Waals surface area contributed by atoms with Gasteiger partial charge in [-0.1, -0.05) is 0 Å². The van der Waals surface area contributed by atoms with Gasteiger partial charge in [0.2, 0.25) is 0 Å². The van der Waals surface area contributed by atoms with Gasteiger partial charge in [0, 0.05) is 30.1 Å². The van der Waals surface area contributed by atoms with Gasteiger partial charge in [-0.25, -0.2) is 4.79 Å². The minimum Gasteiger partial charge on any atom is -0.468 e. The predicted molar refractivity (Wildman–Crippen MR) is 100 cm³/mol. The van der Waals surface area contributed by atoms with Crippen LogP contribution in [0.15, 0.2) is 24.3 Å². The third kappa shape index (κ3) is 5.66. The van der Waals surface area contributed by atoms with Gasteiger partial charge in [0.1, 0.15) is 10.9 Å². The van der Waals surface area contributed by atoms with Crippen LogP contribution < -0.4 is 5.32 Å². The maximum Gasteiger partial charge on any atom is 0.412 e. The monoisotopic (exact) mass is 380 g/mol. The molecule has 1 aliphatic rings. The number of benzene rings is 1. The lowest BCUT2D eigenvalue weighted by Crippen LogP contribution is -2.44. The molecule has 0 bridgehead atoms. The molecule has 0 spiro atoms. The van der Waals surface area contributed by atoms with E-state index in [0.29, 0.717) is 30.1 Å². The molecule has 0 radical (unpaired) electrons. The Hall–Kier alpha value is -2.22. The average molecular weight is 380 g/mol. The zero-order valence-corrected chi connectivity index (χ0v) is 16.2. The van der Waals surface area contributed by atoms with Gasteiger partial charge < -0.3 is 14.4 Å². The zero-order chi connectivity index (χ0) is 19.3. The average Bonchev–Trinajstić information content (AvgIpc) is 2.59. The van der Waals surface area contributed by atoms with E-state index in [-0.39, 0.29) is 17.1 Å². The van der Waals surface area contributed by atoms with Gasteiger partial charge in [0.25, 0.3) is 5.91 Å². The van der Waals surface area contributed by atoms with Crippen LogP contribution >= 0.6 is 11.8 Å². The number of ether oxygens (including phenoxy) is 2. The fourth-order valence-electron chi connectivity index (χ4n) is 2.41. The molecule has 1 N–H and O–H groups in total. The fourth-order valence-corrected chi connectivity index (χ4v) is 3.54. The molecule has 1 aromatic carbocycles. The van der Waals surface area contributed by atoms with Gasteiger partial charge >= 0.3 is 12.1 Å². The van der Waals surface area contributed by atoms with Crippen molar-refractivity contribution < 1.29 is 23.9 Å². The van der Waals surface area contributed by atoms with Crippen molar-refractivity contribution >= 4 is 35.4 Å². The van der Waals surface area contributed by atoms with E-state index in [9.17, 15) is 14.4 Å². The second kappa shape index (κ2) is 8.44. The summed E-state index contributed by atoms with van der Waals surface area (Å²) in [6.45, 7) is 6.26. The largest absolute Gasteiger partial charge is 0.468 e. The Morgan fingerprint density at radius 3 is 2.42 bits per heavy atom. The van der Waals surface area contributed by atoms with Crippen LogP contribution in [-0.4, -0.2) is 59.7 Å². The first-order valence-corrected chi connectivity index (χ1v) is 9.33. The molecule has 0 unspecified atom stereocenters. The van der Waals surface area contributed by atoms with Crippen molar-refractivity contribution in [1.82, 2.24) is 4.90 Å². The highest BCUT2D eigenvalue weighted by atomic mass is 32.2. The Morgan fingerprint density at radius 2 is 1.85 bits per heavy atom. The summed E-state index contributed by atoms with van der Waals surface area (Å²) in [5, 5.41) is 2.27. The number of rotatable bonds is 3. The molecule has 1 heterocycles. The summed E-state index contributed by atoms with van der Waals surface area (Å²) in [7, 11) is 1.35. The molecule has 1 aromatic rings. The highest BCUT2D eigenvalue weighted by molar-refractivity contribution is 8.00. The lowest BCUT2D eigenvalue weighted by atomic mass is 10.1. The normalized spacial score (nSPS) is 17.4. The van der Waals surface area contributed by atoms with Gasteiger partial charge in [0.15, 0.2) is 0 Å². The Balaban J connectivity index is 1.98. The van der Waals surface area contributed by atoms with Gasteiger partial charge in [0.05, 0.1) is 7.11 Å². The van der Waals surface area contributed by atoms with Crippen molar-refractivity contribution in [2.24, 2.45) is 0 Å². The van der Waals surface area contributed by atoms with Crippen molar-refractivity contribution in [2.45, 2.75) is 31.6 Å². The van der Waals surface area contributed by atoms with E-state index >= 15 is 0 Å². The molecule has 1 aliphatic heterocycles. The molecule has 2 rings (SSSR count). The van der Waals surface area contributed by atoms with Gasteiger partial charge in [-0.05, 0) is 45.0 Å². The van der Waals surface area contributed by atoms with Crippen molar-refractivity contribution in [3.05, 3.63) is 29.8 Å². The van der Waals surface area contributed by atoms with E-state index in [4.69, 9.17) is 9.47 Å². The standard InChI is InChI=1S/C18H24N2O5S/c1-18(2,3)25-17(23)19-13-7-5-12(6-8-13)15(21)20-9-10-26-14(11-20)16(22)24-4/h5-8,14H,9-11H2,1-4H3,(H,19,23)/t14-/m1/s1. The number of esters is 1. The van der Waals surface area contributed by atoms with Crippen LogP contribution in [0.2, 0.25) is 0 Å². The summed E-state index contributed by atoms with van der Waals surface area (Å²) in [5.41, 5.74) is 0.454. The van der Waals surface area contributed by atoms with Crippen LogP contribution in [0.3, 0.4) is 0 Å². The highest BCUT2D eigenvalue weighted by Gasteiger charge is 2.30. The molecular formula is C18H24N2O5S. The van der Waals surface area contributed by atoms with E-state index in [0.717, 1.165) is 0 Å². The smallest absolute Gasteiger partial charge is 0.412 e. The maximum absolute atomic E-state index is 12.6. The first-order chi connectivity index (χ1) is 12.2. The molecule has 0 aliphatic carbocycles. The number of carbonyl (C=O) groups excluding carboxylic acids is 3. The Bertz CT molecular complexity index is 669. The van der Waals surface area contributed by atoms with Crippen LogP contribution in [0.1, 0.15) is 31.1 Å². The molecular weight excluding hydrogens is 356 g/mol. The highest BCUT2D eigenvalue weighted by Crippen LogP contribution is 2.22. The third-order valence-corrected chi connectivity index (χ3v) is 4.76. The third-order valence-electron chi connectivity index (χ3n) is 3.59. The van der Waals surface area contributed by atoms with E-state index < -0.39 is 11.7 Å². The fraction of sp³-hybridized carbons (Fsp3) is 0.500. The number of carbonyl (C=O) groups is 3. The van der Waals surface area contributed by atoms with Gasteiger partial charge in [-0.15, -0.1) is 11.8 Å². The molecule has 1 atom stereocenters. The van der Waals surface area contributed by atoms with Crippen molar-refractivity contribution in [3.8, 4) is 0 Å². The molecule has 7 nitrogen and oxygen atoms in total. The molecule has 142 valence electrons. The molecule has 2 amide bonds. The van der Waals surface area contributed by atoms with E-state index in [1.54, 1.807) is 49.9 Å². The topological polar surface area (TPSA) is 84.9 Å². The number of nitrogens with one attached hydrogen (secondary N) is 1. The lowest BCUT2D eigenvalue weighted by molar-refractivity contribution is -0.140. The lowest BCUT2D eigenvalue weighted by Gasteiger charge is -2.31. The number of anilines is 1. The van der Waals surface area contributed by atoms with Gasteiger partial charge in [-0.3, -0.25) is 14.9 Å². The first kappa shape index (κ1) is 20.1. The minimum absolute atomic E-state index is 0.150. The summed E-state index contributed by atoms with van der Waals surface area (Å²) in [4.78, 5) is 37.7. The van der Waals surface area contributed by atoms with E-state index in [2.05, 4.69) is 5.32 Å². The maximum atomic E-state index is 12.6. The minimum atomic E-state index is -0.581. The van der Waals surface area contributed by atoms with Crippen molar-refractivity contribution in [3.63, 3.8) is 0 Å². The second-order valence-electron chi connectivity index (χ2n) is 6.84. The first-order valence-electron chi connectivity index (χ1n) is 8.28. The number of hydrogen-bond donors (Lipinski definition) is 1. The van der Waals surface area contributed by atoms with Crippen LogP contribution in [0.5, 0.6) is 0 Å². The molecule has 1 fully saturated rings. The van der Waals surface area contributed by atoms with Crippen LogP contribution in [0.4, 0.5) is 10.5 Å². The molecule has 0 aromatic heterocycles. The SMILES string of the molecule is COC(=O)[C@H]1CN(C(=O)c2ccc(NC(=O)OC(C)(C)C)cc2)CCS1. The number of hydrogen-bond acceptors (Lipinski definition) is 6. The summed E-state index contributed by atoms with van der Waals surface area (Å²) < 4.78 is 9.95. The van der Waals surface area contributed by atoms with Crippen molar-refractivity contribution in [1.29, 1.82) is 0 Å². The Labute approximate surface area is 157 Å². The number of amides is 2. The second-order valence-corrected chi connectivity index (χ2v) is 8.15. The van der Waals surface area contributed by atoms with Crippen LogP contribution in [-0.2, 0) is 14.3 Å². The number of thioether (sulfide) groups is 1. The van der Waals surface area contributed by atoms with E-state index in [1.165, 1.54) is 18.9 Å². The zero-order valence-electron chi connectivity index (χ0n) is 15.4. The summed E-state index contributed by atoms with van der Waals surface area (Å²) in [5.74, 6) is 0.219. The van der Waals surface area contributed by atoms with Crippen LogP contribution in [0.25, 0.3) is 0 Å². The summed E-state index contributed by atoms with van der Waals surface area (Å²) in [6.07, 6.45) is -0.550. The Morgan fingerprint density at radius 1 is 1.19 bits per heavy atom. The predicted octanol–water partition coefficient (Wildman–Crippen LogP) is 2.76. The number of nitrogens with zero attached hydrogens (tertiary/aromatic N) is 1.